The molecule has 1 aromatic heterocycles. The van der Waals surface area contributed by atoms with E-state index in [0.29, 0.717) is 0 Å². The van der Waals surface area contributed by atoms with Crippen LogP contribution in [0.1, 0.15) is 0 Å². The quantitative estimate of drug-likeness (QED) is 0.156. The molecule has 0 amide bonds. The zero-order valence-corrected chi connectivity index (χ0v) is 30.7. The van der Waals surface area contributed by atoms with E-state index in [1.54, 1.807) is 0 Å². The number of aromatic nitrogens is 1. The molecule has 11 aromatic rings. The lowest BCUT2D eigenvalue weighted by atomic mass is 9.90. The minimum Gasteiger partial charge on any atom is -0.308 e. The Morgan fingerprint density at radius 1 is 0.339 bits per heavy atom. The number of nitrogens with zero attached hydrogens (tertiary/aromatic N) is 2. The SMILES string of the molecule is c1ccc(-c2ccccc2N(c2ccc(-c3cc4ccc5ccccc5c4c4ccccc34)cc2)c2cccc3c4ccccc4n(-c4ccccc4)c23)cc1. The lowest BCUT2D eigenvalue weighted by Gasteiger charge is -2.29. The lowest BCUT2D eigenvalue weighted by Crippen LogP contribution is -2.12. The first kappa shape index (κ1) is 32.0. The molecule has 0 N–H and O–H groups in total. The van der Waals surface area contributed by atoms with Crippen molar-refractivity contribution in [1.82, 2.24) is 4.57 Å². The van der Waals surface area contributed by atoms with E-state index in [4.69, 9.17) is 0 Å². The van der Waals surface area contributed by atoms with Crippen molar-refractivity contribution in [3.05, 3.63) is 218 Å². The van der Waals surface area contributed by atoms with Crippen LogP contribution >= 0.6 is 0 Å². The van der Waals surface area contributed by atoms with Gasteiger partial charge in [0, 0.05) is 27.7 Å². The zero-order chi connectivity index (χ0) is 37.0. The summed E-state index contributed by atoms with van der Waals surface area (Å²) in [6.07, 6.45) is 0. The highest BCUT2D eigenvalue weighted by Gasteiger charge is 2.23. The van der Waals surface area contributed by atoms with Crippen molar-refractivity contribution in [2.75, 3.05) is 4.90 Å². The Balaban J connectivity index is 1.16. The maximum atomic E-state index is 2.46. The number of rotatable bonds is 6. The molecule has 262 valence electrons. The van der Waals surface area contributed by atoms with Gasteiger partial charge < -0.3 is 9.47 Å². The summed E-state index contributed by atoms with van der Waals surface area (Å²) >= 11 is 0. The summed E-state index contributed by atoms with van der Waals surface area (Å²) in [5, 5.41) is 10.1. The van der Waals surface area contributed by atoms with Crippen molar-refractivity contribution in [2.45, 2.75) is 0 Å². The molecule has 0 aliphatic heterocycles. The van der Waals surface area contributed by atoms with Crippen molar-refractivity contribution < 1.29 is 0 Å². The first-order valence-electron chi connectivity index (χ1n) is 19.3. The molecule has 0 spiro atoms. The van der Waals surface area contributed by atoms with Gasteiger partial charge in [-0.15, -0.1) is 0 Å². The molecule has 0 unspecified atom stereocenters. The van der Waals surface area contributed by atoms with E-state index in [-0.39, 0.29) is 0 Å². The van der Waals surface area contributed by atoms with Crippen LogP contribution in [0.2, 0.25) is 0 Å². The van der Waals surface area contributed by atoms with Crippen LogP contribution in [-0.2, 0) is 0 Å². The fourth-order valence-corrected chi connectivity index (χ4v) is 8.87. The van der Waals surface area contributed by atoms with E-state index in [2.05, 4.69) is 228 Å². The second-order valence-corrected chi connectivity index (χ2v) is 14.5. The molecule has 2 heteroatoms. The van der Waals surface area contributed by atoms with Gasteiger partial charge in [0.1, 0.15) is 0 Å². The third-order valence-electron chi connectivity index (χ3n) is 11.3. The standard InChI is InChI=1S/C54H36N2/c1-3-16-37(17-4-1)43-21-11-13-27-50(43)55(52-29-15-26-48-46-24-12-14-28-51(46)56(54(48)52)41-19-5-2-6-20-41)42-34-32-39(33-35-42)49-36-40-31-30-38-18-7-8-22-44(38)53(40)47-25-10-9-23-45(47)49/h1-36H. The van der Waals surface area contributed by atoms with E-state index in [9.17, 15) is 0 Å². The summed E-state index contributed by atoms with van der Waals surface area (Å²) in [6, 6.07) is 79.4. The second-order valence-electron chi connectivity index (χ2n) is 14.5. The molecule has 0 aliphatic carbocycles. The maximum absolute atomic E-state index is 2.46. The van der Waals surface area contributed by atoms with Crippen LogP contribution in [-0.4, -0.2) is 4.57 Å². The normalized spacial score (nSPS) is 11.6. The van der Waals surface area contributed by atoms with E-state index in [0.717, 1.165) is 22.7 Å². The highest BCUT2D eigenvalue weighted by atomic mass is 15.2. The minimum atomic E-state index is 1.09. The van der Waals surface area contributed by atoms with Gasteiger partial charge in [-0.05, 0) is 97.5 Å². The average molecular weight is 713 g/mol. The first-order chi connectivity index (χ1) is 27.8. The Labute approximate surface area is 325 Å². The molecule has 56 heavy (non-hydrogen) atoms. The highest BCUT2D eigenvalue weighted by Crippen LogP contribution is 2.47. The van der Waals surface area contributed by atoms with Crippen molar-refractivity contribution in [3.63, 3.8) is 0 Å². The number of hydrogen-bond donors (Lipinski definition) is 0. The number of para-hydroxylation sites is 4. The van der Waals surface area contributed by atoms with Crippen LogP contribution in [0.15, 0.2) is 218 Å². The van der Waals surface area contributed by atoms with Crippen molar-refractivity contribution in [2.24, 2.45) is 0 Å². The van der Waals surface area contributed by atoms with Gasteiger partial charge >= 0.3 is 0 Å². The van der Waals surface area contributed by atoms with Crippen LogP contribution in [0.3, 0.4) is 0 Å². The van der Waals surface area contributed by atoms with E-state index >= 15 is 0 Å². The molecule has 0 aliphatic rings. The van der Waals surface area contributed by atoms with Gasteiger partial charge in [-0.3, -0.25) is 0 Å². The molecule has 0 bridgehead atoms. The van der Waals surface area contributed by atoms with Gasteiger partial charge in [-0.1, -0.05) is 170 Å². The maximum Gasteiger partial charge on any atom is 0.0782 e. The Morgan fingerprint density at radius 2 is 0.929 bits per heavy atom. The summed E-state index contributed by atoms with van der Waals surface area (Å²) in [5.41, 5.74) is 11.6. The first-order valence-corrected chi connectivity index (χ1v) is 19.3. The van der Waals surface area contributed by atoms with Crippen LogP contribution in [0, 0.1) is 0 Å². The minimum absolute atomic E-state index is 1.09. The topological polar surface area (TPSA) is 8.17 Å². The van der Waals surface area contributed by atoms with Gasteiger partial charge in [0.25, 0.3) is 0 Å². The monoisotopic (exact) mass is 712 g/mol. The predicted molar refractivity (Wildman–Crippen MR) is 239 cm³/mol. The molecule has 0 atom stereocenters. The Hall–Kier alpha value is -7.42. The number of hydrogen-bond acceptors (Lipinski definition) is 1. The number of benzene rings is 10. The molecular formula is C54H36N2. The molecule has 0 saturated carbocycles. The van der Waals surface area contributed by atoms with Crippen LogP contribution in [0.5, 0.6) is 0 Å². The third kappa shape index (κ3) is 5.11. The molecule has 0 radical (unpaired) electrons. The van der Waals surface area contributed by atoms with Gasteiger partial charge in [-0.2, -0.15) is 0 Å². The van der Waals surface area contributed by atoms with E-state index in [1.807, 2.05) is 0 Å². The fraction of sp³-hybridized carbons (Fsp3) is 0. The molecular weight excluding hydrogens is 677 g/mol. The molecule has 0 fully saturated rings. The molecule has 10 aromatic carbocycles. The van der Waals surface area contributed by atoms with Crippen molar-refractivity contribution in [3.8, 4) is 27.9 Å². The largest absolute Gasteiger partial charge is 0.308 e. The van der Waals surface area contributed by atoms with Crippen LogP contribution in [0.4, 0.5) is 17.1 Å². The van der Waals surface area contributed by atoms with E-state index < -0.39 is 0 Å². The molecule has 0 saturated heterocycles. The van der Waals surface area contributed by atoms with Crippen molar-refractivity contribution >= 4 is 71.2 Å². The summed E-state index contributed by atoms with van der Waals surface area (Å²) < 4.78 is 2.43. The second kappa shape index (κ2) is 13.2. The smallest absolute Gasteiger partial charge is 0.0782 e. The number of anilines is 3. The van der Waals surface area contributed by atoms with Crippen molar-refractivity contribution in [1.29, 1.82) is 0 Å². The van der Waals surface area contributed by atoms with Gasteiger partial charge in [0.05, 0.1) is 22.4 Å². The fourth-order valence-electron chi connectivity index (χ4n) is 8.87. The van der Waals surface area contributed by atoms with Gasteiger partial charge in [0.2, 0.25) is 0 Å². The summed E-state index contributed by atoms with van der Waals surface area (Å²) in [4.78, 5) is 2.46. The zero-order valence-electron chi connectivity index (χ0n) is 30.7. The Kier molecular flexibility index (Phi) is 7.53. The molecule has 1 heterocycles. The average Bonchev–Trinajstić information content (AvgIpc) is 3.62. The van der Waals surface area contributed by atoms with Crippen LogP contribution in [0.25, 0.3) is 82.1 Å². The lowest BCUT2D eigenvalue weighted by molar-refractivity contribution is 1.17. The summed E-state index contributed by atoms with van der Waals surface area (Å²) in [7, 11) is 0. The van der Waals surface area contributed by atoms with Gasteiger partial charge in [0.15, 0.2) is 0 Å². The van der Waals surface area contributed by atoms with E-state index in [1.165, 1.54) is 76.4 Å². The Bertz CT molecular complexity index is 3230. The summed E-state index contributed by atoms with van der Waals surface area (Å²) in [6.45, 7) is 0. The predicted octanol–water partition coefficient (Wildman–Crippen LogP) is 15.0. The summed E-state index contributed by atoms with van der Waals surface area (Å²) in [5.74, 6) is 0. The highest BCUT2D eigenvalue weighted by molar-refractivity contribution is 6.23. The van der Waals surface area contributed by atoms with Gasteiger partial charge in [-0.25, -0.2) is 0 Å². The molecule has 11 rings (SSSR count). The Morgan fingerprint density at radius 3 is 1.75 bits per heavy atom. The third-order valence-corrected chi connectivity index (χ3v) is 11.3. The van der Waals surface area contributed by atoms with Crippen LogP contribution < -0.4 is 4.90 Å². The molecule has 2 nitrogen and oxygen atoms in total. The number of fused-ring (bicyclic) bond motifs is 8.